The largest absolute Gasteiger partial charge is 0.459 e. The molecule has 2 heterocycles. The number of alkyl halides is 1. The van der Waals surface area contributed by atoms with Gasteiger partial charge in [-0.15, -0.1) is 11.6 Å². The summed E-state index contributed by atoms with van der Waals surface area (Å²) in [4.78, 5) is 13.8. The summed E-state index contributed by atoms with van der Waals surface area (Å²) in [5.41, 5.74) is 0.898. The van der Waals surface area contributed by atoms with E-state index in [0.29, 0.717) is 17.6 Å². The number of carbonyl (C=O) groups excluding carboxylic acids is 1. The Morgan fingerprint density at radius 1 is 1.73 bits per heavy atom. The number of likely N-dealkylation sites (tertiary alicyclic amines) is 1. The Bertz CT molecular complexity index is 361. The second kappa shape index (κ2) is 4.27. The summed E-state index contributed by atoms with van der Waals surface area (Å²) in [5, 5.41) is 0. The van der Waals surface area contributed by atoms with E-state index in [1.165, 1.54) is 0 Å². The molecule has 82 valence electrons. The first-order valence-corrected chi connectivity index (χ1v) is 5.65. The van der Waals surface area contributed by atoms with Crippen molar-refractivity contribution < 1.29 is 9.21 Å². The Hall–Kier alpha value is -0.960. The lowest BCUT2D eigenvalue weighted by molar-refractivity contribution is 0.0755. The van der Waals surface area contributed by atoms with Gasteiger partial charge in [0.15, 0.2) is 5.76 Å². The maximum Gasteiger partial charge on any atom is 0.289 e. The van der Waals surface area contributed by atoms with Crippen molar-refractivity contribution in [2.45, 2.75) is 13.3 Å². The third kappa shape index (κ3) is 2.02. The predicted molar refractivity (Wildman–Crippen MR) is 58.2 cm³/mol. The summed E-state index contributed by atoms with van der Waals surface area (Å²) >= 11 is 5.77. The number of carbonyl (C=O) groups is 1. The van der Waals surface area contributed by atoms with Gasteiger partial charge in [0.2, 0.25) is 0 Å². The Labute approximate surface area is 94.0 Å². The van der Waals surface area contributed by atoms with Crippen LogP contribution in [0.1, 0.15) is 22.5 Å². The first kappa shape index (κ1) is 10.6. The molecule has 0 aromatic carbocycles. The van der Waals surface area contributed by atoms with Gasteiger partial charge in [-0.25, -0.2) is 0 Å². The lowest BCUT2D eigenvalue weighted by Crippen LogP contribution is -2.29. The number of hydrogen-bond donors (Lipinski definition) is 0. The Balaban J connectivity index is 2.07. The van der Waals surface area contributed by atoms with E-state index in [9.17, 15) is 4.79 Å². The topological polar surface area (TPSA) is 33.5 Å². The molecule has 15 heavy (non-hydrogen) atoms. The summed E-state index contributed by atoms with van der Waals surface area (Å²) < 4.78 is 5.18. The fourth-order valence-corrected chi connectivity index (χ4v) is 2.13. The molecule has 0 N–H and O–H groups in total. The van der Waals surface area contributed by atoms with Gasteiger partial charge >= 0.3 is 0 Å². The highest BCUT2D eigenvalue weighted by molar-refractivity contribution is 6.18. The zero-order chi connectivity index (χ0) is 10.8. The number of amides is 1. The minimum absolute atomic E-state index is 0.00915. The number of nitrogens with zero attached hydrogens (tertiary/aromatic N) is 1. The third-order valence-corrected chi connectivity index (χ3v) is 3.28. The first-order chi connectivity index (χ1) is 7.22. The van der Waals surface area contributed by atoms with Crippen LogP contribution in [0.4, 0.5) is 0 Å². The molecule has 1 amide bonds. The van der Waals surface area contributed by atoms with Gasteiger partial charge in [-0.2, -0.15) is 0 Å². The number of aryl methyl sites for hydroxylation is 1. The highest BCUT2D eigenvalue weighted by Crippen LogP contribution is 2.21. The smallest absolute Gasteiger partial charge is 0.289 e. The van der Waals surface area contributed by atoms with Gasteiger partial charge in [-0.3, -0.25) is 4.79 Å². The highest BCUT2D eigenvalue weighted by atomic mass is 35.5. The second-order valence-corrected chi connectivity index (χ2v) is 4.30. The zero-order valence-electron chi connectivity index (χ0n) is 8.70. The van der Waals surface area contributed by atoms with E-state index in [-0.39, 0.29) is 5.91 Å². The fourth-order valence-electron chi connectivity index (χ4n) is 1.88. The van der Waals surface area contributed by atoms with Crippen LogP contribution in [0.2, 0.25) is 0 Å². The highest BCUT2D eigenvalue weighted by Gasteiger charge is 2.28. The van der Waals surface area contributed by atoms with Gasteiger partial charge in [0, 0.05) is 24.5 Å². The van der Waals surface area contributed by atoms with E-state index in [1.54, 1.807) is 6.26 Å². The molecule has 4 heteroatoms. The monoisotopic (exact) mass is 227 g/mol. The molecule has 1 aliphatic heterocycles. The maximum atomic E-state index is 12.0. The molecule has 0 aliphatic carbocycles. The quantitative estimate of drug-likeness (QED) is 0.727. The second-order valence-electron chi connectivity index (χ2n) is 3.99. The molecule has 1 aliphatic rings. The maximum absolute atomic E-state index is 12.0. The van der Waals surface area contributed by atoms with Crippen LogP contribution in [0.5, 0.6) is 0 Å². The van der Waals surface area contributed by atoms with Gasteiger partial charge in [0.05, 0.1) is 6.26 Å². The molecular weight excluding hydrogens is 214 g/mol. The molecule has 1 fully saturated rings. The average Bonchev–Trinajstić information content (AvgIpc) is 2.84. The molecule has 1 saturated heterocycles. The molecule has 2 rings (SSSR count). The van der Waals surface area contributed by atoms with Gasteiger partial charge in [-0.05, 0) is 25.3 Å². The summed E-state index contributed by atoms with van der Waals surface area (Å²) in [6.07, 6.45) is 2.55. The molecule has 0 radical (unpaired) electrons. The van der Waals surface area contributed by atoms with Crippen LogP contribution in [0.25, 0.3) is 0 Å². The molecular formula is C11H14ClNO2. The Morgan fingerprint density at radius 2 is 2.53 bits per heavy atom. The fraction of sp³-hybridized carbons (Fsp3) is 0.545. The van der Waals surface area contributed by atoms with Crippen molar-refractivity contribution in [1.82, 2.24) is 4.90 Å². The van der Waals surface area contributed by atoms with E-state index in [2.05, 4.69) is 0 Å². The Morgan fingerprint density at radius 3 is 3.07 bits per heavy atom. The normalized spacial score (nSPS) is 20.9. The average molecular weight is 228 g/mol. The SMILES string of the molecule is Cc1ccoc1C(=O)N1CCC(CCl)C1. The van der Waals surface area contributed by atoms with Crippen LogP contribution in [0.15, 0.2) is 16.7 Å². The van der Waals surface area contributed by atoms with E-state index < -0.39 is 0 Å². The van der Waals surface area contributed by atoms with E-state index in [0.717, 1.165) is 25.1 Å². The number of furan rings is 1. The standard InChI is InChI=1S/C11H14ClNO2/c1-8-3-5-15-10(8)11(14)13-4-2-9(6-12)7-13/h3,5,9H,2,4,6-7H2,1H3. The van der Waals surface area contributed by atoms with Crippen molar-refractivity contribution in [3.63, 3.8) is 0 Å². The van der Waals surface area contributed by atoms with Crippen molar-refractivity contribution in [2.24, 2.45) is 5.92 Å². The van der Waals surface area contributed by atoms with E-state index in [1.807, 2.05) is 17.9 Å². The summed E-state index contributed by atoms with van der Waals surface area (Å²) in [7, 11) is 0. The summed E-state index contributed by atoms with van der Waals surface area (Å²) in [6.45, 7) is 3.42. The minimum atomic E-state index is -0.00915. The molecule has 0 bridgehead atoms. The van der Waals surface area contributed by atoms with Crippen molar-refractivity contribution in [3.8, 4) is 0 Å². The number of hydrogen-bond acceptors (Lipinski definition) is 2. The van der Waals surface area contributed by atoms with Crippen LogP contribution in [0.3, 0.4) is 0 Å². The molecule has 1 atom stereocenters. The molecule has 0 saturated carbocycles. The van der Waals surface area contributed by atoms with Crippen LogP contribution < -0.4 is 0 Å². The predicted octanol–water partition coefficient (Wildman–Crippen LogP) is 2.29. The van der Waals surface area contributed by atoms with Crippen molar-refractivity contribution >= 4 is 17.5 Å². The minimum Gasteiger partial charge on any atom is -0.459 e. The van der Waals surface area contributed by atoms with Crippen LogP contribution in [-0.4, -0.2) is 29.8 Å². The number of halogens is 1. The molecule has 1 unspecified atom stereocenters. The van der Waals surface area contributed by atoms with Gasteiger partial charge < -0.3 is 9.32 Å². The lowest BCUT2D eigenvalue weighted by atomic mass is 10.2. The molecule has 0 spiro atoms. The molecule has 3 nitrogen and oxygen atoms in total. The van der Waals surface area contributed by atoms with Crippen LogP contribution in [-0.2, 0) is 0 Å². The van der Waals surface area contributed by atoms with E-state index >= 15 is 0 Å². The van der Waals surface area contributed by atoms with Gasteiger partial charge in [0.1, 0.15) is 0 Å². The Kier molecular flexibility index (Phi) is 3.00. The molecule has 1 aromatic heterocycles. The van der Waals surface area contributed by atoms with Crippen molar-refractivity contribution in [2.75, 3.05) is 19.0 Å². The zero-order valence-corrected chi connectivity index (χ0v) is 9.46. The van der Waals surface area contributed by atoms with Crippen LogP contribution in [0, 0.1) is 12.8 Å². The first-order valence-electron chi connectivity index (χ1n) is 5.11. The summed E-state index contributed by atoms with van der Waals surface area (Å²) in [5.74, 6) is 1.52. The van der Waals surface area contributed by atoms with Crippen molar-refractivity contribution in [3.05, 3.63) is 23.7 Å². The van der Waals surface area contributed by atoms with Gasteiger partial charge in [-0.1, -0.05) is 0 Å². The molecule has 1 aromatic rings. The lowest BCUT2D eigenvalue weighted by Gasteiger charge is -2.14. The summed E-state index contributed by atoms with van der Waals surface area (Å²) in [6, 6.07) is 1.81. The third-order valence-electron chi connectivity index (χ3n) is 2.85. The van der Waals surface area contributed by atoms with E-state index in [4.69, 9.17) is 16.0 Å². The van der Waals surface area contributed by atoms with Crippen molar-refractivity contribution in [1.29, 1.82) is 0 Å². The number of rotatable bonds is 2. The van der Waals surface area contributed by atoms with Gasteiger partial charge in [0.25, 0.3) is 5.91 Å². The van der Waals surface area contributed by atoms with Crippen LogP contribution >= 0.6 is 11.6 Å².